The number of rotatable bonds is 2. The molecule has 0 radical (unpaired) electrons. The molecule has 0 bridgehead atoms. The molecule has 2 aromatic rings. The predicted molar refractivity (Wildman–Crippen MR) is 59.6 cm³/mol. The smallest absolute Gasteiger partial charge is 0.130 e. The molecule has 72 valence electrons. The summed E-state index contributed by atoms with van der Waals surface area (Å²) in [5, 5.41) is 5.07. The van der Waals surface area contributed by atoms with Gasteiger partial charge in [-0.15, -0.1) is 11.3 Å². The van der Waals surface area contributed by atoms with Crippen molar-refractivity contribution in [3.05, 3.63) is 29.4 Å². The van der Waals surface area contributed by atoms with Gasteiger partial charge in [0.15, 0.2) is 0 Å². The third-order valence-corrected chi connectivity index (χ3v) is 2.76. The van der Waals surface area contributed by atoms with Gasteiger partial charge in [0.1, 0.15) is 11.6 Å². The quantitative estimate of drug-likeness (QED) is 0.818. The Morgan fingerprint density at radius 2 is 2.21 bits per heavy atom. The van der Waals surface area contributed by atoms with Gasteiger partial charge in [0.25, 0.3) is 0 Å². The fourth-order valence-electron chi connectivity index (χ4n) is 1.25. The van der Waals surface area contributed by atoms with Crippen LogP contribution in [-0.4, -0.2) is 17.0 Å². The molecule has 2 heterocycles. The summed E-state index contributed by atoms with van der Waals surface area (Å²) in [4.78, 5) is 9.80. The first-order valence-corrected chi connectivity index (χ1v) is 5.25. The van der Waals surface area contributed by atoms with E-state index in [1.165, 1.54) is 4.88 Å². The number of anilines is 1. The summed E-state index contributed by atoms with van der Waals surface area (Å²) in [5.74, 6) is 1.65. The SMILES string of the molecule is CNc1cc(-c2cccs2)nc(C)n1. The fraction of sp³-hybridized carbons (Fsp3) is 0.200. The van der Waals surface area contributed by atoms with Crippen molar-refractivity contribution in [2.75, 3.05) is 12.4 Å². The van der Waals surface area contributed by atoms with Gasteiger partial charge in [-0.25, -0.2) is 9.97 Å². The van der Waals surface area contributed by atoms with Crippen molar-refractivity contribution >= 4 is 17.2 Å². The van der Waals surface area contributed by atoms with Crippen molar-refractivity contribution in [3.63, 3.8) is 0 Å². The molecule has 0 fully saturated rings. The highest BCUT2D eigenvalue weighted by Gasteiger charge is 2.03. The van der Waals surface area contributed by atoms with E-state index in [2.05, 4.69) is 21.4 Å². The van der Waals surface area contributed by atoms with Crippen molar-refractivity contribution in [1.29, 1.82) is 0 Å². The molecule has 0 aliphatic heterocycles. The molecule has 0 saturated heterocycles. The lowest BCUT2D eigenvalue weighted by atomic mass is 10.3. The van der Waals surface area contributed by atoms with Crippen molar-refractivity contribution in [3.8, 4) is 10.6 Å². The Kier molecular flexibility index (Phi) is 2.45. The zero-order valence-electron chi connectivity index (χ0n) is 8.11. The highest BCUT2D eigenvalue weighted by molar-refractivity contribution is 7.13. The summed E-state index contributed by atoms with van der Waals surface area (Å²) >= 11 is 1.69. The maximum atomic E-state index is 4.38. The lowest BCUT2D eigenvalue weighted by Crippen LogP contribution is -1.97. The van der Waals surface area contributed by atoms with Gasteiger partial charge in [-0.2, -0.15) is 0 Å². The average Bonchev–Trinajstić information content (AvgIpc) is 2.69. The number of aryl methyl sites for hydroxylation is 1. The summed E-state index contributed by atoms with van der Waals surface area (Å²) in [6.07, 6.45) is 0. The second-order valence-corrected chi connectivity index (χ2v) is 3.86. The van der Waals surface area contributed by atoms with Gasteiger partial charge in [-0.3, -0.25) is 0 Å². The number of thiophene rings is 1. The van der Waals surface area contributed by atoms with Crippen LogP contribution in [0.2, 0.25) is 0 Å². The highest BCUT2D eigenvalue weighted by atomic mass is 32.1. The lowest BCUT2D eigenvalue weighted by molar-refractivity contribution is 1.06. The second kappa shape index (κ2) is 3.75. The largest absolute Gasteiger partial charge is 0.373 e. The molecule has 0 aliphatic rings. The van der Waals surface area contributed by atoms with E-state index in [9.17, 15) is 0 Å². The molecular weight excluding hydrogens is 194 g/mol. The molecule has 3 nitrogen and oxygen atoms in total. The summed E-state index contributed by atoms with van der Waals surface area (Å²) in [7, 11) is 1.86. The molecular formula is C10H11N3S. The summed E-state index contributed by atoms with van der Waals surface area (Å²) < 4.78 is 0. The number of hydrogen-bond acceptors (Lipinski definition) is 4. The average molecular weight is 205 g/mol. The van der Waals surface area contributed by atoms with Gasteiger partial charge in [-0.05, 0) is 18.4 Å². The van der Waals surface area contributed by atoms with E-state index in [0.717, 1.165) is 17.3 Å². The molecule has 0 aromatic carbocycles. The van der Waals surface area contributed by atoms with Crippen LogP contribution >= 0.6 is 11.3 Å². The van der Waals surface area contributed by atoms with E-state index in [-0.39, 0.29) is 0 Å². The van der Waals surface area contributed by atoms with Crippen LogP contribution in [0.25, 0.3) is 10.6 Å². The first-order chi connectivity index (χ1) is 6.79. The zero-order valence-corrected chi connectivity index (χ0v) is 8.93. The van der Waals surface area contributed by atoms with E-state index >= 15 is 0 Å². The first-order valence-electron chi connectivity index (χ1n) is 4.37. The van der Waals surface area contributed by atoms with E-state index in [0.29, 0.717) is 0 Å². The molecule has 0 aliphatic carbocycles. The topological polar surface area (TPSA) is 37.8 Å². The minimum absolute atomic E-state index is 0.792. The molecule has 2 rings (SSSR count). The number of nitrogens with one attached hydrogen (secondary N) is 1. The van der Waals surface area contributed by atoms with Gasteiger partial charge in [-0.1, -0.05) is 6.07 Å². The van der Waals surface area contributed by atoms with Crippen molar-refractivity contribution < 1.29 is 0 Å². The van der Waals surface area contributed by atoms with Crippen LogP contribution in [0.1, 0.15) is 5.82 Å². The van der Waals surface area contributed by atoms with Gasteiger partial charge >= 0.3 is 0 Å². The number of aromatic nitrogens is 2. The molecule has 0 atom stereocenters. The normalized spacial score (nSPS) is 10.1. The Morgan fingerprint density at radius 3 is 2.86 bits per heavy atom. The first kappa shape index (κ1) is 9.15. The minimum atomic E-state index is 0.792. The van der Waals surface area contributed by atoms with E-state index in [1.54, 1.807) is 11.3 Å². The second-order valence-electron chi connectivity index (χ2n) is 2.91. The molecule has 14 heavy (non-hydrogen) atoms. The fourth-order valence-corrected chi connectivity index (χ4v) is 1.93. The highest BCUT2D eigenvalue weighted by Crippen LogP contribution is 2.24. The standard InChI is InChI=1S/C10H11N3S/c1-7-12-8(6-10(11-2)13-7)9-4-3-5-14-9/h3-6H,1-2H3,(H,11,12,13). The summed E-state index contributed by atoms with van der Waals surface area (Å²) in [6.45, 7) is 1.90. The van der Waals surface area contributed by atoms with Crippen molar-refractivity contribution in [1.82, 2.24) is 9.97 Å². The van der Waals surface area contributed by atoms with Crippen LogP contribution in [0, 0.1) is 6.92 Å². The third-order valence-electron chi connectivity index (χ3n) is 1.87. The molecule has 4 heteroatoms. The van der Waals surface area contributed by atoms with Gasteiger partial charge < -0.3 is 5.32 Å². The Bertz CT molecular complexity index is 423. The number of hydrogen-bond donors (Lipinski definition) is 1. The Labute approximate surface area is 86.8 Å². The monoisotopic (exact) mass is 205 g/mol. The van der Waals surface area contributed by atoms with Crippen LogP contribution in [0.5, 0.6) is 0 Å². The molecule has 0 spiro atoms. The van der Waals surface area contributed by atoms with Gasteiger partial charge in [0, 0.05) is 13.1 Å². The zero-order chi connectivity index (χ0) is 9.97. The summed E-state index contributed by atoms with van der Waals surface area (Å²) in [5.41, 5.74) is 0.983. The molecule has 1 N–H and O–H groups in total. The maximum Gasteiger partial charge on any atom is 0.130 e. The van der Waals surface area contributed by atoms with Crippen molar-refractivity contribution in [2.24, 2.45) is 0 Å². The van der Waals surface area contributed by atoms with Gasteiger partial charge in [0.05, 0.1) is 10.6 Å². The molecule has 2 aromatic heterocycles. The van der Waals surface area contributed by atoms with Crippen molar-refractivity contribution in [2.45, 2.75) is 6.92 Å². The van der Waals surface area contributed by atoms with Gasteiger partial charge in [0.2, 0.25) is 0 Å². The third kappa shape index (κ3) is 1.75. The summed E-state index contributed by atoms with van der Waals surface area (Å²) in [6, 6.07) is 6.04. The maximum absolute atomic E-state index is 4.38. The predicted octanol–water partition coefficient (Wildman–Crippen LogP) is 2.56. The Morgan fingerprint density at radius 1 is 1.36 bits per heavy atom. The van der Waals surface area contributed by atoms with Crippen LogP contribution < -0.4 is 5.32 Å². The molecule has 0 saturated carbocycles. The molecule has 0 unspecified atom stereocenters. The van der Waals surface area contributed by atoms with E-state index < -0.39 is 0 Å². The van der Waals surface area contributed by atoms with E-state index in [1.807, 2.05) is 31.5 Å². The lowest BCUT2D eigenvalue weighted by Gasteiger charge is -2.03. The Hall–Kier alpha value is -1.42. The van der Waals surface area contributed by atoms with Crippen LogP contribution in [0.3, 0.4) is 0 Å². The van der Waals surface area contributed by atoms with Crippen LogP contribution in [0.15, 0.2) is 23.6 Å². The minimum Gasteiger partial charge on any atom is -0.373 e. The van der Waals surface area contributed by atoms with E-state index in [4.69, 9.17) is 0 Å². The number of nitrogens with zero attached hydrogens (tertiary/aromatic N) is 2. The molecule has 0 amide bonds. The van der Waals surface area contributed by atoms with Crippen LogP contribution in [-0.2, 0) is 0 Å². The Balaban J connectivity index is 2.48. The van der Waals surface area contributed by atoms with Crippen LogP contribution in [0.4, 0.5) is 5.82 Å².